The number of amides is 1. The quantitative estimate of drug-likeness (QED) is 0.884. The molecule has 3 rings (SSSR count). The van der Waals surface area contributed by atoms with Crippen molar-refractivity contribution in [3.8, 4) is 5.75 Å². The second-order valence-electron chi connectivity index (χ2n) is 5.45. The van der Waals surface area contributed by atoms with Gasteiger partial charge in [0.25, 0.3) is 5.91 Å². The van der Waals surface area contributed by atoms with Crippen LogP contribution in [0.5, 0.6) is 5.75 Å². The van der Waals surface area contributed by atoms with Crippen LogP contribution < -0.4 is 15.4 Å². The van der Waals surface area contributed by atoms with Crippen LogP contribution in [0.2, 0.25) is 0 Å². The predicted octanol–water partition coefficient (Wildman–Crippen LogP) is 1.85. The molecule has 3 atom stereocenters. The molecule has 5 nitrogen and oxygen atoms in total. The minimum absolute atomic E-state index is 0.0943. The highest BCUT2D eigenvalue weighted by atomic mass is 16.5. The van der Waals surface area contributed by atoms with E-state index in [2.05, 4.69) is 24.5 Å². The van der Waals surface area contributed by atoms with Gasteiger partial charge in [0.1, 0.15) is 5.75 Å². The van der Waals surface area contributed by atoms with Gasteiger partial charge in [0.05, 0.1) is 11.8 Å². The minimum Gasteiger partial charge on any atom is -0.482 e. The molecule has 5 heteroatoms. The van der Waals surface area contributed by atoms with Crippen molar-refractivity contribution in [3.63, 3.8) is 0 Å². The summed E-state index contributed by atoms with van der Waals surface area (Å²) in [5.41, 5.74) is 1.89. The second-order valence-corrected chi connectivity index (χ2v) is 5.45. The van der Waals surface area contributed by atoms with Crippen LogP contribution in [0.1, 0.15) is 31.9 Å². The zero-order valence-corrected chi connectivity index (χ0v) is 11.8. The number of ether oxygens (including phenoxy) is 2. The van der Waals surface area contributed by atoms with E-state index in [1.807, 2.05) is 18.2 Å². The van der Waals surface area contributed by atoms with E-state index in [9.17, 15) is 4.79 Å². The molecule has 0 bridgehead atoms. The van der Waals surface area contributed by atoms with E-state index in [0.29, 0.717) is 6.04 Å². The Morgan fingerprint density at radius 3 is 3.05 bits per heavy atom. The normalized spacial score (nSPS) is 26.6. The van der Waals surface area contributed by atoms with Crippen LogP contribution in [0.15, 0.2) is 18.2 Å². The fourth-order valence-corrected chi connectivity index (χ4v) is 2.74. The number of nitrogens with one attached hydrogen (secondary N) is 2. The standard InChI is InChI=1S/C15H20N2O3/c1-9(16-12-5-6-19-10(12)2)11-3-4-14-13(7-11)17-15(18)8-20-14/h3-4,7,9-10,12,16H,5-6,8H2,1-2H3,(H,17,18). The van der Waals surface area contributed by atoms with Crippen LogP contribution in [0.25, 0.3) is 0 Å². The summed E-state index contributed by atoms with van der Waals surface area (Å²) in [6.45, 7) is 5.13. The summed E-state index contributed by atoms with van der Waals surface area (Å²) in [7, 11) is 0. The summed E-state index contributed by atoms with van der Waals surface area (Å²) in [6, 6.07) is 6.51. The van der Waals surface area contributed by atoms with Crippen molar-refractivity contribution in [2.45, 2.75) is 38.5 Å². The number of carbonyl (C=O) groups is 1. The molecule has 2 aliphatic rings. The van der Waals surface area contributed by atoms with E-state index >= 15 is 0 Å². The Bertz CT molecular complexity index is 518. The maximum absolute atomic E-state index is 11.4. The highest BCUT2D eigenvalue weighted by Gasteiger charge is 2.26. The van der Waals surface area contributed by atoms with Crippen LogP contribution in [0.4, 0.5) is 5.69 Å². The fraction of sp³-hybridized carbons (Fsp3) is 0.533. The lowest BCUT2D eigenvalue weighted by Gasteiger charge is -2.24. The van der Waals surface area contributed by atoms with E-state index in [-0.39, 0.29) is 24.7 Å². The Balaban J connectivity index is 1.73. The summed E-state index contributed by atoms with van der Waals surface area (Å²) in [5, 5.41) is 6.43. The highest BCUT2D eigenvalue weighted by Crippen LogP contribution is 2.31. The molecule has 2 N–H and O–H groups in total. The summed E-state index contributed by atoms with van der Waals surface area (Å²) >= 11 is 0. The van der Waals surface area contributed by atoms with E-state index in [4.69, 9.17) is 9.47 Å². The Labute approximate surface area is 118 Å². The molecule has 0 radical (unpaired) electrons. The Kier molecular flexibility index (Phi) is 3.63. The lowest BCUT2D eigenvalue weighted by Crippen LogP contribution is -2.36. The molecule has 1 aromatic carbocycles. The first kappa shape index (κ1) is 13.4. The summed E-state index contributed by atoms with van der Waals surface area (Å²) < 4.78 is 10.9. The summed E-state index contributed by atoms with van der Waals surface area (Å²) in [4.78, 5) is 11.4. The van der Waals surface area contributed by atoms with Crippen molar-refractivity contribution >= 4 is 11.6 Å². The third-order valence-electron chi connectivity index (χ3n) is 3.98. The minimum atomic E-state index is -0.104. The van der Waals surface area contributed by atoms with Crippen molar-refractivity contribution in [3.05, 3.63) is 23.8 Å². The van der Waals surface area contributed by atoms with Gasteiger partial charge in [0.2, 0.25) is 0 Å². The second kappa shape index (κ2) is 5.42. The van der Waals surface area contributed by atoms with Gasteiger partial charge in [0.15, 0.2) is 6.61 Å². The highest BCUT2D eigenvalue weighted by molar-refractivity contribution is 5.95. The number of carbonyl (C=O) groups excluding carboxylic acids is 1. The van der Waals surface area contributed by atoms with E-state index < -0.39 is 0 Å². The number of rotatable bonds is 3. The maximum atomic E-state index is 11.4. The predicted molar refractivity (Wildman–Crippen MR) is 75.9 cm³/mol. The zero-order valence-electron chi connectivity index (χ0n) is 11.8. The van der Waals surface area contributed by atoms with Crippen molar-refractivity contribution in [2.75, 3.05) is 18.5 Å². The number of anilines is 1. The van der Waals surface area contributed by atoms with Gasteiger partial charge < -0.3 is 20.1 Å². The van der Waals surface area contributed by atoms with E-state index in [0.717, 1.165) is 30.0 Å². The monoisotopic (exact) mass is 276 g/mol. The first-order valence-electron chi connectivity index (χ1n) is 7.08. The molecule has 1 saturated heterocycles. The van der Waals surface area contributed by atoms with Crippen LogP contribution in [0, 0.1) is 0 Å². The molecule has 1 fully saturated rings. The number of fused-ring (bicyclic) bond motifs is 1. The third-order valence-corrected chi connectivity index (χ3v) is 3.98. The van der Waals surface area contributed by atoms with Gasteiger partial charge in [-0.25, -0.2) is 0 Å². The van der Waals surface area contributed by atoms with Crippen LogP contribution in [0.3, 0.4) is 0 Å². The number of hydrogen-bond acceptors (Lipinski definition) is 4. The van der Waals surface area contributed by atoms with Gasteiger partial charge in [-0.3, -0.25) is 4.79 Å². The maximum Gasteiger partial charge on any atom is 0.262 e. The Morgan fingerprint density at radius 1 is 1.45 bits per heavy atom. The first-order chi connectivity index (χ1) is 9.63. The number of hydrogen-bond donors (Lipinski definition) is 2. The Morgan fingerprint density at radius 2 is 2.30 bits per heavy atom. The molecule has 3 unspecified atom stereocenters. The number of benzene rings is 1. The molecule has 0 aromatic heterocycles. The van der Waals surface area contributed by atoms with E-state index in [1.165, 1.54) is 0 Å². The van der Waals surface area contributed by atoms with Gasteiger partial charge in [-0.2, -0.15) is 0 Å². The molecule has 1 amide bonds. The fourth-order valence-electron chi connectivity index (χ4n) is 2.74. The molecule has 1 aromatic rings. The van der Waals surface area contributed by atoms with Crippen molar-refractivity contribution in [1.82, 2.24) is 5.32 Å². The van der Waals surface area contributed by atoms with E-state index in [1.54, 1.807) is 0 Å². The van der Waals surface area contributed by atoms with Crippen molar-refractivity contribution in [2.24, 2.45) is 0 Å². The smallest absolute Gasteiger partial charge is 0.262 e. The molecule has 0 aliphatic carbocycles. The topological polar surface area (TPSA) is 59.6 Å². The molecular formula is C15H20N2O3. The molecular weight excluding hydrogens is 256 g/mol. The van der Waals surface area contributed by atoms with Gasteiger partial charge in [-0.1, -0.05) is 6.07 Å². The zero-order chi connectivity index (χ0) is 14.1. The largest absolute Gasteiger partial charge is 0.482 e. The lowest BCUT2D eigenvalue weighted by atomic mass is 10.0. The SMILES string of the molecule is CC(NC1CCOC1C)c1ccc2c(c1)NC(=O)CO2. The van der Waals surface area contributed by atoms with Gasteiger partial charge in [0, 0.05) is 18.7 Å². The molecule has 108 valence electrons. The molecule has 20 heavy (non-hydrogen) atoms. The van der Waals surface area contributed by atoms with Crippen molar-refractivity contribution in [1.29, 1.82) is 0 Å². The first-order valence-corrected chi connectivity index (χ1v) is 7.08. The average Bonchev–Trinajstić information content (AvgIpc) is 2.83. The van der Waals surface area contributed by atoms with Crippen molar-refractivity contribution < 1.29 is 14.3 Å². The van der Waals surface area contributed by atoms with Crippen LogP contribution >= 0.6 is 0 Å². The molecule has 2 heterocycles. The molecule has 0 saturated carbocycles. The van der Waals surface area contributed by atoms with Gasteiger partial charge in [-0.15, -0.1) is 0 Å². The van der Waals surface area contributed by atoms with Gasteiger partial charge >= 0.3 is 0 Å². The van der Waals surface area contributed by atoms with Crippen LogP contribution in [-0.2, 0) is 9.53 Å². The lowest BCUT2D eigenvalue weighted by molar-refractivity contribution is -0.118. The summed E-state index contributed by atoms with van der Waals surface area (Å²) in [5.74, 6) is 0.631. The average molecular weight is 276 g/mol. The van der Waals surface area contributed by atoms with Gasteiger partial charge in [-0.05, 0) is 38.0 Å². The molecule has 0 spiro atoms. The van der Waals surface area contributed by atoms with Crippen LogP contribution in [-0.4, -0.2) is 31.3 Å². The Hall–Kier alpha value is -1.59. The third kappa shape index (κ3) is 2.64. The molecule has 2 aliphatic heterocycles. The summed E-state index contributed by atoms with van der Waals surface area (Å²) in [6.07, 6.45) is 1.29.